The van der Waals surface area contributed by atoms with E-state index in [1.165, 1.54) is 34.5 Å². The first-order chi connectivity index (χ1) is 23.8. The number of aliphatic carboxylic acids is 1. The molecule has 0 unspecified atom stereocenters. The fourth-order valence-electron chi connectivity index (χ4n) is 5.06. The molecule has 0 aliphatic heterocycles. The number of carboxylic acids is 1. The highest BCUT2D eigenvalue weighted by atomic mass is 28.3. The standard InChI is InChI=1S/C33H44F4N6O7Si/c1-41(27(44)11-7-6-10-24(31(46)47)40-32(48)49-2)19-26-28(34)22(12-13-33(35,36)37)29-25(39-26)17-21(18-42-14-8-9-23(38)30(42)45)43(29)20-50-15-16-51(3,4)5/h7-9,11,14,17,24H,6,10,12-13,15-16,18-20,38H2,1-5H3,(H,40,48)(H,46,47)/b11-7+/t24-/m0/s1. The van der Waals surface area contributed by atoms with Crippen molar-refractivity contribution in [3.63, 3.8) is 0 Å². The second-order valence-corrected chi connectivity index (χ2v) is 18.8. The van der Waals surface area contributed by atoms with Crippen LogP contribution in [0.1, 0.15) is 36.2 Å². The van der Waals surface area contributed by atoms with Crippen LogP contribution in [-0.4, -0.2) is 83.2 Å². The monoisotopic (exact) mass is 740 g/mol. The molecule has 3 rings (SSSR count). The highest BCUT2D eigenvalue weighted by Gasteiger charge is 2.30. The molecule has 0 fully saturated rings. The Bertz CT molecular complexity index is 1800. The van der Waals surface area contributed by atoms with E-state index in [9.17, 15) is 37.5 Å². The lowest BCUT2D eigenvalue weighted by Crippen LogP contribution is -2.40. The van der Waals surface area contributed by atoms with Gasteiger partial charge >= 0.3 is 18.2 Å². The number of likely N-dealkylation sites (N-methyl/N-ethyl adjacent to an activating group) is 1. The van der Waals surface area contributed by atoms with Crippen molar-refractivity contribution >= 4 is 42.8 Å². The molecule has 51 heavy (non-hydrogen) atoms. The Labute approximate surface area is 293 Å². The maximum atomic E-state index is 16.3. The SMILES string of the molecule is COC(=O)N[C@@H](CC/C=C/C(=O)N(C)Cc1nc2cc(Cn3cccc(N)c3=O)n(COCC[Si](C)(C)C)c2c(CCC(F)(F)F)c1F)C(=O)O. The van der Waals surface area contributed by atoms with Gasteiger partial charge in [-0.25, -0.2) is 19.0 Å². The van der Waals surface area contributed by atoms with Gasteiger partial charge in [0.2, 0.25) is 5.91 Å². The van der Waals surface area contributed by atoms with E-state index >= 15 is 4.39 Å². The summed E-state index contributed by atoms with van der Waals surface area (Å²) in [6, 6.07) is 4.09. The smallest absolute Gasteiger partial charge is 0.407 e. The number of pyridine rings is 2. The number of anilines is 1. The number of hydrogen-bond acceptors (Lipinski definition) is 8. The number of carbonyl (C=O) groups is 3. The van der Waals surface area contributed by atoms with Gasteiger partial charge in [0.05, 0.1) is 42.6 Å². The molecule has 2 amide bonds. The molecule has 0 aliphatic carbocycles. The van der Waals surface area contributed by atoms with E-state index in [4.69, 9.17) is 10.5 Å². The van der Waals surface area contributed by atoms with Gasteiger partial charge in [0, 0.05) is 45.6 Å². The molecule has 280 valence electrons. The van der Waals surface area contributed by atoms with Crippen molar-refractivity contribution < 1.29 is 46.5 Å². The maximum Gasteiger partial charge on any atom is 0.407 e. The lowest BCUT2D eigenvalue weighted by molar-refractivity contribution is -0.139. The highest BCUT2D eigenvalue weighted by Crippen LogP contribution is 2.31. The Morgan fingerprint density at radius 2 is 1.94 bits per heavy atom. The third kappa shape index (κ3) is 11.9. The van der Waals surface area contributed by atoms with Crippen molar-refractivity contribution in [2.75, 3.05) is 26.5 Å². The van der Waals surface area contributed by atoms with Crippen LogP contribution in [0, 0.1) is 5.82 Å². The number of nitrogens with two attached hydrogens (primary N) is 1. The van der Waals surface area contributed by atoms with Crippen LogP contribution in [0.5, 0.6) is 0 Å². The number of halogens is 4. The summed E-state index contributed by atoms with van der Waals surface area (Å²) < 4.78 is 70.0. The van der Waals surface area contributed by atoms with Crippen LogP contribution >= 0.6 is 0 Å². The summed E-state index contributed by atoms with van der Waals surface area (Å²) >= 11 is 0. The van der Waals surface area contributed by atoms with E-state index in [1.807, 2.05) is 0 Å². The summed E-state index contributed by atoms with van der Waals surface area (Å²) in [6.45, 7) is 6.23. The van der Waals surface area contributed by atoms with Gasteiger partial charge in [-0.2, -0.15) is 13.2 Å². The number of ether oxygens (including phenoxy) is 2. The number of amides is 2. The third-order valence-electron chi connectivity index (χ3n) is 7.90. The molecule has 0 spiro atoms. The van der Waals surface area contributed by atoms with Crippen LogP contribution in [0.4, 0.5) is 28.0 Å². The molecular weight excluding hydrogens is 696 g/mol. The Hall–Kier alpha value is -4.71. The summed E-state index contributed by atoms with van der Waals surface area (Å²) in [5.74, 6) is -2.93. The molecule has 0 radical (unpaired) electrons. The molecule has 0 bridgehead atoms. The largest absolute Gasteiger partial charge is 0.480 e. The molecule has 13 nitrogen and oxygen atoms in total. The second-order valence-electron chi connectivity index (χ2n) is 13.2. The predicted octanol–water partition coefficient (Wildman–Crippen LogP) is 4.88. The van der Waals surface area contributed by atoms with Crippen LogP contribution in [0.3, 0.4) is 0 Å². The molecule has 3 aromatic rings. The Balaban J connectivity index is 1.99. The number of alkyl carbamates (subject to hydrolysis) is 1. The highest BCUT2D eigenvalue weighted by molar-refractivity contribution is 6.76. The van der Waals surface area contributed by atoms with Gasteiger partial charge in [-0.3, -0.25) is 9.59 Å². The maximum absolute atomic E-state index is 16.3. The van der Waals surface area contributed by atoms with E-state index < -0.39 is 69.0 Å². The van der Waals surface area contributed by atoms with Crippen LogP contribution in [0.2, 0.25) is 25.7 Å². The normalized spacial score (nSPS) is 12.7. The summed E-state index contributed by atoms with van der Waals surface area (Å²) in [4.78, 5) is 54.0. The van der Waals surface area contributed by atoms with Gasteiger partial charge in [-0.15, -0.1) is 0 Å². The Morgan fingerprint density at radius 1 is 1.24 bits per heavy atom. The van der Waals surface area contributed by atoms with Crippen LogP contribution in [0.25, 0.3) is 11.0 Å². The first-order valence-corrected chi connectivity index (χ1v) is 19.8. The van der Waals surface area contributed by atoms with Crippen molar-refractivity contribution in [2.24, 2.45) is 0 Å². The van der Waals surface area contributed by atoms with Crippen LogP contribution in [0.15, 0.2) is 41.3 Å². The van der Waals surface area contributed by atoms with Gasteiger partial charge in [-0.05, 0) is 49.6 Å². The number of rotatable bonds is 17. The number of allylic oxidation sites excluding steroid dienone is 1. The quantitative estimate of drug-likeness (QED) is 0.0756. The minimum absolute atomic E-state index is 0.00909. The molecule has 0 aliphatic rings. The zero-order valence-corrected chi connectivity index (χ0v) is 30.2. The van der Waals surface area contributed by atoms with Crippen LogP contribution in [-0.2, 0) is 45.3 Å². The van der Waals surface area contributed by atoms with Gasteiger partial charge < -0.3 is 39.7 Å². The first-order valence-electron chi connectivity index (χ1n) is 16.1. The fraction of sp³-hybridized carbons (Fsp3) is 0.485. The third-order valence-corrected chi connectivity index (χ3v) is 9.60. The van der Waals surface area contributed by atoms with Crippen molar-refractivity contribution in [3.05, 3.63) is 69.7 Å². The van der Waals surface area contributed by atoms with E-state index in [1.54, 1.807) is 12.1 Å². The summed E-state index contributed by atoms with van der Waals surface area (Å²) in [5.41, 5.74) is 5.43. The average molecular weight is 741 g/mol. The minimum atomic E-state index is -4.60. The number of fused-ring (bicyclic) bond motifs is 1. The van der Waals surface area contributed by atoms with E-state index in [2.05, 4.69) is 34.7 Å². The molecule has 4 N–H and O–H groups in total. The number of nitrogen functional groups attached to an aromatic ring is 1. The van der Waals surface area contributed by atoms with Crippen molar-refractivity contribution in [1.82, 2.24) is 24.3 Å². The Kier molecular flexibility index (Phi) is 14.0. The minimum Gasteiger partial charge on any atom is -0.480 e. The molecular formula is C33H44F4N6O7Si. The number of alkyl halides is 3. The Morgan fingerprint density at radius 3 is 2.57 bits per heavy atom. The average Bonchev–Trinajstić information content (AvgIpc) is 3.37. The van der Waals surface area contributed by atoms with Crippen molar-refractivity contribution in [1.29, 1.82) is 0 Å². The molecule has 0 saturated carbocycles. The van der Waals surface area contributed by atoms with Gasteiger partial charge in [-0.1, -0.05) is 25.7 Å². The zero-order chi connectivity index (χ0) is 38.1. The molecule has 0 saturated heterocycles. The number of nitrogens with zero attached hydrogens (tertiary/aromatic N) is 4. The number of hydrogen-bond donors (Lipinski definition) is 3. The van der Waals surface area contributed by atoms with E-state index in [0.717, 1.165) is 24.1 Å². The number of aryl methyl sites for hydroxylation is 1. The molecule has 0 aromatic carbocycles. The predicted molar refractivity (Wildman–Crippen MR) is 184 cm³/mol. The van der Waals surface area contributed by atoms with E-state index in [0.29, 0.717) is 12.3 Å². The van der Waals surface area contributed by atoms with E-state index in [-0.39, 0.29) is 54.1 Å². The molecule has 3 aromatic heterocycles. The number of nitrogens with one attached hydrogen (secondary N) is 1. The number of methoxy groups -OCH3 is 1. The summed E-state index contributed by atoms with van der Waals surface area (Å²) in [5, 5.41) is 11.4. The topological polar surface area (TPSA) is 171 Å². The lowest BCUT2D eigenvalue weighted by Gasteiger charge is -2.20. The van der Waals surface area contributed by atoms with Crippen molar-refractivity contribution in [2.45, 2.75) is 83.4 Å². The van der Waals surface area contributed by atoms with Gasteiger partial charge in [0.15, 0.2) is 5.82 Å². The first kappa shape index (κ1) is 40.7. The number of carboxylic acid groups (broad SMARTS) is 1. The number of aromatic nitrogens is 3. The zero-order valence-electron chi connectivity index (χ0n) is 29.2. The van der Waals surface area contributed by atoms with Gasteiger partial charge in [0.1, 0.15) is 12.8 Å². The summed E-state index contributed by atoms with van der Waals surface area (Å²) in [6.07, 6.45) is -3.55. The second kappa shape index (κ2) is 17.5. The lowest BCUT2D eigenvalue weighted by atomic mass is 10.1. The molecule has 18 heteroatoms. The number of carbonyl (C=O) groups excluding carboxylic acids is 2. The molecule has 1 atom stereocenters. The van der Waals surface area contributed by atoms with Crippen LogP contribution < -0.4 is 16.6 Å². The fourth-order valence-corrected chi connectivity index (χ4v) is 5.82. The van der Waals surface area contributed by atoms with Crippen molar-refractivity contribution in [3.8, 4) is 0 Å². The van der Waals surface area contributed by atoms with Gasteiger partial charge in [0.25, 0.3) is 5.56 Å². The molecule has 3 heterocycles. The summed E-state index contributed by atoms with van der Waals surface area (Å²) in [7, 11) is 0.926.